The van der Waals surface area contributed by atoms with Gasteiger partial charge in [0.05, 0.1) is 12.8 Å². The zero-order chi connectivity index (χ0) is 15.2. The fraction of sp³-hybridized carbons (Fsp3) is 0.267. The number of furan rings is 1. The summed E-state index contributed by atoms with van der Waals surface area (Å²) in [5.74, 6) is 0.0771. The van der Waals surface area contributed by atoms with Crippen molar-refractivity contribution in [2.24, 2.45) is 0 Å². The topological polar surface area (TPSA) is 84.2 Å². The van der Waals surface area contributed by atoms with Crippen molar-refractivity contribution in [3.05, 3.63) is 53.7 Å². The number of nitrogens with zero attached hydrogens (tertiary/aromatic N) is 1. The standard InChI is InChI=1S/C15H17N3O3/c1-10(2)18-15(20)13-8-11(5-6-16-13)14(19)17-9-12-4-3-7-21-12/h3-8,10H,9H2,1-2H3,(H,17,19)(H,18,20). The van der Waals surface area contributed by atoms with Crippen molar-refractivity contribution in [3.63, 3.8) is 0 Å². The third-order valence-electron chi connectivity index (χ3n) is 2.68. The van der Waals surface area contributed by atoms with Crippen molar-refractivity contribution in [2.45, 2.75) is 26.4 Å². The fourth-order valence-corrected chi connectivity index (χ4v) is 1.71. The van der Waals surface area contributed by atoms with Crippen molar-refractivity contribution in [2.75, 3.05) is 0 Å². The van der Waals surface area contributed by atoms with Crippen LogP contribution in [0.3, 0.4) is 0 Å². The summed E-state index contributed by atoms with van der Waals surface area (Å²) in [7, 11) is 0. The molecule has 0 saturated heterocycles. The molecular weight excluding hydrogens is 270 g/mol. The predicted molar refractivity (Wildman–Crippen MR) is 76.7 cm³/mol. The first-order valence-electron chi connectivity index (χ1n) is 6.64. The molecule has 6 heteroatoms. The van der Waals surface area contributed by atoms with E-state index in [1.54, 1.807) is 24.5 Å². The van der Waals surface area contributed by atoms with Crippen molar-refractivity contribution >= 4 is 11.8 Å². The first-order chi connectivity index (χ1) is 10.1. The van der Waals surface area contributed by atoms with E-state index in [2.05, 4.69) is 15.6 Å². The van der Waals surface area contributed by atoms with Crippen LogP contribution in [0, 0.1) is 0 Å². The number of carbonyl (C=O) groups excluding carboxylic acids is 2. The van der Waals surface area contributed by atoms with Gasteiger partial charge in [0.1, 0.15) is 11.5 Å². The third kappa shape index (κ3) is 4.17. The van der Waals surface area contributed by atoms with Gasteiger partial charge in [-0.15, -0.1) is 0 Å². The van der Waals surface area contributed by atoms with Gasteiger partial charge in [0.25, 0.3) is 11.8 Å². The fourth-order valence-electron chi connectivity index (χ4n) is 1.71. The zero-order valence-electron chi connectivity index (χ0n) is 11.9. The summed E-state index contributed by atoms with van der Waals surface area (Å²) in [5.41, 5.74) is 0.597. The van der Waals surface area contributed by atoms with Crippen LogP contribution in [0.15, 0.2) is 41.1 Å². The molecule has 0 atom stereocenters. The Balaban J connectivity index is 2.02. The number of rotatable bonds is 5. The molecule has 0 aliphatic heterocycles. The average molecular weight is 287 g/mol. The van der Waals surface area contributed by atoms with Gasteiger partial charge in [-0.05, 0) is 38.1 Å². The van der Waals surface area contributed by atoms with Crippen LogP contribution in [0.4, 0.5) is 0 Å². The average Bonchev–Trinajstić information content (AvgIpc) is 2.97. The van der Waals surface area contributed by atoms with Crippen molar-refractivity contribution < 1.29 is 14.0 Å². The normalized spacial score (nSPS) is 10.4. The van der Waals surface area contributed by atoms with Gasteiger partial charge in [-0.25, -0.2) is 0 Å². The Morgan fingerprint density at radius 2 is 2.10 bits per heavy atom. The highest BCUT2D eigenvalue weighted by molar-refractivity contribution is 5.98. The van der Waals surface area contributed by atoms with Crippen LogP contribution < -0.4 is 10.6 Å². The molecule has 0 spiro atoms. The van der Waals surface area contributed by atoms with E-state index in [0.717, 1.165) is 0 Å². The smallest absolute Gasteiger partial charge is 0.270 e. The highest BCUT2D eigenvalue weighted by Gasteiger charge is 2.12. The van der Waals surface area contributed by atoms with Crippen LogP contribution in [0.5, 0.6) is 0 Å². The van der Waals surface area contributed by atoms with Crippen molar-refractivity contribution in [1.82, 2.24) is 15.6 Å². The minimum atomic E-state index is -0.300. The molecule has 2 aromatic rings. The molecule has 0 radical (unpaired) electrons. The minimum Gasteiger partial charge on any atom is -0.467 e. The third-order valence-corrected chi connectivity index (χ3v) is 2.68. The zero-order valence-corrected chi connectivity index (χ0v) is 11.9. The van der Waals surface area contributed by atoms with E-state index in [1.807, 2.05) is 13.8 Å². The Bertz CT molecular complexity index is 621. The summed E-state index contributed by atoms with van der Waals surface area (Å²) in [6.45, 7) is 4.01. The van der Waals surface area contributed by atoms with E-state index >= 15 is 0 Å². The minimum absolute atomic E-state index is 0.00994. The molecule has 0 unspecified atom stereocenters. The Kier molecular flexibility index (Phi) is 4.71. The highest BCUT2D eigenvalue weighted by atomic mass is 16.3. The summed E-state index contributed by atoms with van der Waals surface area (Å²) >= 11 is 0. The number of carbonyl (C=O) groups is 2. The Labute approximate surface area is 122 Å². The van der Waals surface area contributed by atoms with Gasteiger partial charge in [-0.3, -0.25) is 14.6 Å². The number of amides is 2. The number of aromatic nitrogens is 1. The Hall–Kier alpha value is -2.63. The van der Waals surface area contributed by atoms with Gasteiger partial charge in [-0.2, -0.15) is 0 Å². The maximum atomic E-state index is 12.0. The van der Waals surface area contributed by atoms with E-state index in [9.17, 15) is 9.59 Å². The SMILES string of the molecule is CC(C)NC(=O)c1cc(C(=O)NCc2ccco2)ccn1. The van der Waals surface area contributed by atoms with Crippen molar-refractivity contribution in [1.29, 1.82) is 0 Å². The molecule has 2 rings (SSSR count). The molecule has 0 fully saturated rings. The molecule has 2 N–H and O–H groups in total. The molecule has 2 heterocycles. The second-order valence-corrected chi connectivity index (χ2v) is 4.82. The molecule has 110 valence electrons. The lowest BCUT2D eigenvalue weighted by Gasteiger charge is -2.08. The van der Waals surface area contributed by atoms with Gasteiger partial charge in [0.15, 0.2) is 0 Å². The van der Waals surface area contributed by atoms with Crippen LogP contribution in [-0.2, 0) is 6.54 Å². The van der Waals surface area contributed by atoms with Gasteiger partial charge < -0.3 is 15.1 Å². The lowest BCUT2D eigenvalue weighted by molar-refractivity contribution is 0.0938. The lowest BCUT2D eigenvalue weighted by Crippen LogP contribution is -2.31. The lowest BCUT2D eigenvalue weighted by atomic mass is 10.2. The number of hydrogen-bond donors (Lipinski definition) is 2. The molecule has 0 aliphatic carbocycles. The van der Waals surface area contributed by atoms with E-state index in [-0.39, 0.29) is 23.6 Å². The van der Waals surface area contributed by atoms with Gasteiger partial charge in [0.2, 0.25) is 0 Å². The summed E-state index contributed by atoms with van der Waals surface area (Å²) in [4.78, 5) is 27.9. The molecule has 0 bridgehead atoms. The quantitative estimate of drug-likeness (QED) is 0.877. The molecular formula is C15H17N3O3. The van der Waals surface area contributed by atoms with E-state index in [4.69, 9.17) is 4.42 Å². The van der Waals surface area contributed by atoms with Crippen molar-refractivity contribution in [3.8, 4) is 0 Å². The van der Waals surface area contributed by atoms with Crippen LogP contribution in [0.2, 0.25) is 0 Å². The first-order valence-corrected chi connectivity index (χ1v) is 6.64. The number of pyridine rings is 1. The summed E-state index contributed by atoms with van der Waals surface area (Å²) < 4.78 is 5.13. The van der Waals surface area contributed by atoms with Gasteiger partial charge in [0, 0.05) is 17.8 Å². The largest absolute Gasteiger partial charge is 0.467 e. The molecule has 21 heavy (non-hydrogen) atoms. The van der Waals surface area contributed by atoms with E-state index in [0.29, 0.717) is 17.9 Å². The summed E-state index contributed by atoms with van der Waals surface area (Å²) in [5, 5.41) is 5.45. The first kappa shape index (κ1) is 14.8. The number of hydrogen-bond acceptors (Lipinski definition) is 4. The Morgan fingerprint density at radius 3 is 2.76 bits per heavy atom. The maximum Gasteiger partial charge on any atom is 0.270 e. The second-order valence-electron chi connectivity index (χ2n) is 4.82. The second kappa shape index (κ2) is 6.69. The molecule has 0 saturated carbocycles. The summed E-state index contributed by atoms with van der Waals surface area (Å²) in [6, 6.07) is 6.56. The molecule has 2 aromatic heterocycles. The van der Waals surface area contributed by atoms with Crippen LogP contribution in [0.1, 0.15) is 40.5 Å². The highest BCUT2D eigenvalue weighted by Crippen LogP contribution is 2.04. The van der Waals surface area contributed by atoms with Crippen LogP contribution in [0.25, 0.3) is 0 Å². The summed E-state index contributed by atoms with van der Waals surface area (Å²) in [6.07, 6.45) is 2.99. The van der Waals surface area contributed by atoms with E-state index in [1.165, 1.54) is 12.3 Å². The molecule has 0 aliphatic rings. The van der Waals surface area contributed by atoms with E-state index < -0.39 is 0 Å². The Morgan fingerprint density at radius 1 is 1.29 bits per heavy atom. The molecule has 2 amide bonds. The van der Waals surface area contributed by atoms with Crippen LogP contribution >= 0.6 is 0 Å². The maximum absolute atomic E-state index is 12.0. The molecule has 6 nitrogen and oxygen atoms in total. The predicted octanol–water partition coefficient (Wildman–Crippen LogP) is 1.74. The molecule has 0 aromatic carbocycles. The van der Waals surface area contributed by atoms with Gasteiger partial charge >= 0.3 is 0 Å². The van der Waals surface area contributed by atoms with Crippen LogP contribution in [-0.4, -0.2) is 22.8 Å². The monoisotopic (exact) mass is 287 g/mol. The number of nitrogens with one attached hydrogen (secondary N) is 2. The van der Waals surface area contributed by atoms with Gasteiger partial charge in [-0.1, -0.05) is 0 Å².